The second-order valence-electron chi connectivity index (χ2n) is 7.56. The predicted octanol–water partition coefficient (Wildman–Crippen LogP) is 1.79. The van der Waals surface area contributed by atoms with E-state index in [9.17, 15) is 9.59 Å². The van der Waals surface area contributed by atoms with Gasteiger partial charge in [0.05, 0.1) is 22.9 Å². The molecule has 0 aliphatic carbocycles. The fraction of sp³-hybridized carbons (Fsp3) is 0.318. The molecule has 1 saturated heterocycles. The fourth-order valence-corrected chi connectivity index (χ4v) is 3.82. The molecule has 0 radical (unpaired) electrons. The van der Waals surface area contributed by atoms with Crippen LogP contribution in [0, 0.1) is 0 Å². The van der Waals surface area contributed by atoms with Crippen molar-refractivity contribution in [2.75, 3.05) is 39.6 Å². The van der Waals surface area contributed by atoms with E-state index in [2.05, 4.69) is 14.9 Å². The van der Waals surface area contributed by atoms with E-state index in [4.69, 9.17) is 14.2 Å². The number of nitrogens with one attached hydrogen (secondary N) is 1. The number of ether oxygens (including phenoxy) is 3. The highest BCUT2D eigenvalue weighted by molar-refractivity contribution is 5.94. The van der Waals surface area contributed by atoms with E-state index >= 15 is 0 Å². The van der Waals surface area contributed by atoms with Gasteiger partial charge in [-0.1, -0.05) is 6.07 Å². The summed E-state index contributed by atoms with van der Waals surface area (Å²) in [5, 5.41) is 0. The molecule has 1 N–H and O–H groups in total. The van der Waals surface area contributed by atoms with Gasteiger partial charge in [0, 0.05) is 32.7 Å². The number of fused-ring (bicyclic) bond motifs is 2. The minimum atomic E-state index is -0.522. The highest BCUT2D eigenvalue weighted by atomic mass is 16.7. The van der Waals surface area contributed by atoms with E-state index in [1.165, 1.54) is 0 Å². The first-order valence-electron chi connectivity index (χ1n) is 10.1. The summed E-state index contributed by atoms with van der Waals surface area (Å²) in [4.78, 5) is 35.9. The Hall–Kier alpha value is -3.59. The number of aromatic amines is 1. The lowest BCUT2D eigenvalue weighted by molar-refractivity contribution is -0.136. The van der Waals surface area contributed by atoms with Crippen molar-refractivity contribution in [2.24, 2.45) is 0 Å². The number of hydrogen-bond acceptors (Lipinski definition) is 7. The third kappa shape index (κ3) is 4.17. The molecule has 0 unspecified atom stereocenters. The molecule has 0 bridgehead atoms. The van der Waals surface area contributed by atoms with Gasteiger partial charge in [-0.05, 0) is 35.9 Å². The van der Waals surface area contributed by atoms with Gasteiger partial charge in [-0.15, -0.1) is 0 Å². The van der Waals surface area contributed by atoms with Crippen LogP contribution in [0.3, 0.4) is 0 Å². The van der Waals surface area contributed by atoms with E-state index in [1.54, 1.807) is 29.4 Å². The number of H-pyrrole nitrogens is 1. The monoisotopic (exact) mass is 422 g/mol. The smallest absolute Gasteiger partial charge is 0.338 e. The summed E-state index contributed by atoms with van der Waals surface area (Å²) in [7, 11) is 0. The topological polar surface area (TPSA) is 97.0 Å². The number of esters is 1. The number of nitrogens with zero attached hydrogens (tertiary/aromatic N) is 3. The van der Waals surface area contributed by atoms with Gasteiger partial charge in [0.25, 0.3) is 5.91 Å². The van der Waals surface area contributed by atoms with Crippen LogP contribution in [0.25, 0.3) is 11.0 Å². The summed E-state index contributed by atoms with van der Waals surface area (Å²) >= 11 is 0. The molecular weight excluding hydrogens is 400 g/mol. The van der Waals surface area contributed by atoms with Crippen molar-refractivity contribution in [3.8, 4) is 11.5 Å². The van der Waals surface area contributed by atoms with Crippen LogP contribution in [0.5, 0.6) is 11.5 Å². The number of hydrogen-bond donors (Lipinski definition) is 1. The number of benzene rings is 2. The van der Waals surface area contributed by atoms with E-state index in [0.717, 1.165) is 47.7 Å². The molecule has 3 heterocycles. The second kappa shape index (κ2) is 8.27. The molecule has 2 aliphatic heterocycles. The minimum Gasteiger partial charge on any atom is -0.454 e. The number of imidazole rings is 1. The molecule has 1 amide bonds. The van der Waals surface area contributed by atoms with Gasteiger partial charge in [0.1, 0.15) is 0 Å². The summed E-state index contributed by atoms with van der Waals surface area (Å²) in [6.45, 7) is 3.49. The van der Waals surface area contributed by atoms with Crippen LogP contribution in [0.1, 0.15) is 15.9 Å². The summed E-state index contributed by atoms with van der Waals surface area (Å²) < 4.78 is 16.0. The Bertz CT molecular complexity index is 1120. The SMILES string of the molecule is O=C(OCC(=O)N1CCN(Cc2ccc3c(c2)OCO3)CC1)c1ccc2nc[nH]c2c1. The van der Waals surface area contributed by atoms with Crippen LogP contribution in [-0.4, -0.2) is 71.2 Å². The third-order valence-electron chi connectivity index (χ3n) is 5.55. The molecule has 2 aromatic carbocycles. The number of piperazine rings is 1. The molecule has 1 aromatic heterocycles. The van der Waals surface area contributed by atoms with E-state index < -0.39 is 5.97 Å². The van der Waals surface area contributed by atoms with E-state index in [1.807, 2.05) is 18.2 Å². The van der Waals surface area contributed by atoms with Crippen molar-refractivity contribution < 1.29 is 23.8 Å². The number of carbonyl (C=O) groups is 2. The Kier molecular flexibility index (Phi) is 5.17. The summed E-state index contributed by atoms with van der Waals surface area (Å²) in [6.07, 6.45) is 1.56. The van der Waals surface area contributed by atoms with Gasteiger partial charge in [-0.25, -0.2) is 9.78 Å². The maximum absolute atomic E-state index is 12.5. The first-order chi connectivity index (χ1) is 15.2. The molecule has 160 valence electrons. The van der Waals surface area contributed by atoms with Gasteiger partial charge >= 0.3 is 5.97 Å². The second-order valence-corrected chi connectivity index (χ2v) is 7.56. The lowest BCUT2D eigenvalue weighted by Gasteiger charge is -2.34. The third-order valence-corrected chi connectivity index (χ3v) is 5.55. The number of carbonyl (C=O) groups excluding carboxylic acids is 2. The van der Waals surface area contributed by atoms with Gasteiger partial charge < -0.3 is 24.1 Å². The maximum Gasteiger partial charge on any atom is 0.338 e. The zero-order valence-electron chi connectivity index (χ0n) is 16.9. The highest BCUT2D eigenvalue weighted by Crippen LogP contribution is 2.32. The maximum atomic E-state index is 12.5. The largest absolute Gasteiger partial charge is 0.454 e. The van der Waals surface area contributed by atoms with Crippen LogP contribution < -0.4 is 9.47 Å². The minimum absolute atomic E-state index is 0.182. The fourth-order valence-electron chi connectivity index (χ4n) is 3.82. The normalized spacial score (nSPS) is 15.9. The lowest BCUT2D eigenvalue weighted by atomic mass is 10.1. The van der Waals surface area contributed by atoms with Crippen LogP contribution in [0.4, 0.5) is 0 Å². The number of amides is 1. The Balaban J connectivity index is 1.09. The van der Waals surface area contributed by atoms with Crippen LogP contribution in [0.15, 0.2) is 42.7 Å². The summed E-state index contributed by atoms with van der Waals surface area (Å²) in [5.41, 5.74) is 3.05. The molecule has 31 heavy (non-hydrogen) atoms. The molecule has 0 spiro atoms. The molecule has 9 nitrogen and oxygen atoms in total. The van der Waals surface area contributed by atoms with Crippen LogP contribution in [-0.2, 0) is 16.1 Å². The van der Waals surface area contributed by atoms with Crippen molar-refractivity contribution in [3.05, 3.63) is 53.9 Å². The van der Waals surface area contributed by atoms with Gasteiger partial charge in [0.2, 0.25) is 6.79 Å². The van der Waals surface area contributed by atoms with Crippen molar-refractivity contribution >= 4 is 22.9 Å². The molecular formula is C22H22N4O5. The van der Waals surface area contributed by atoms with E-state index in [0.29, 0.717) is 18.7 Å². The van der Waals surface area contributed by atoms with Crippen molar-refractivity contribution in [2.45, 2.75) is 6.54 Å². The standard InChI is InChI=1S/C22H22N4O5/c27-21(12-29-22(28)16-2-3-17-18(10-16)24-13-23-17)26-7-5-25(6-8-26)11-15-1-4-19-20(9-15)31-14-30-19/h1-4,9-10,13H,5-8,11-12,14H2,(H,23,24). The molecule has 0 atom stereocenters. The Morgan fingerprint density at radius 2 is 1.87 bits per heavy atom. The Labute approximate surface area is 178 Å². The number of rotatable bonds is 5. The molecule has 0 saturated carbocycles. The van der Waals surface area contributed by atoms with Gasteiger partial charge in [0.15, 0.2) is 18.1 Å². The zero-order valence-corrected chi connectivity index (χ0v) is 16.9. The number of aromatic nitrogens is 2. The summed E-state index contributed by atoms with van der Waals surface area (Å²) in [6, 6.07) is 11.0. The van der Waals surface area contributed by atoms with Crippen LogP contribution >= 0.6 is 0 Å². The van der Waals surface area contributed by atoms with Gasteiger partial charge in [-0.2, -0.15) is 0 Å². The van der Waals surface area contributed by atoms with Crippen molar-refractivity contribution in [1.29, 1.82) is 0 Å². The van der Waals surface area contributed by atoms with E-state index in [-0.39, 0.29) is 19.3 Å². The van der Waals surface area contributed by atoms with Gasteiger partial charge in [-0.3, -0.25) is 9.69 Å². The zero-order chi connectivity index (χ0) is 21.2. The molecule has 5 rings (SSSR count). The Morgan fingerprint density at radius 3 is 2.74 bits per heavy atom. The molecule has 2 aliphatic rings. The first kappa shape index (κ1) is 19.4. The Morgan fingerprint density at radius 1 is 1.03 bits per heavy atom. The molecule has 3 aromatic rings. The lowest BCUT2D eigenvalue weighted by Crippen LogP contribution is -2.49. The first-order valence-corrected chi connectivity index (χ1v) is 10.1. The quantitative estimate of drug-likeness (QED) is 0.626. The van der Waals surface area contributed by atoms with Crippen molar-refractivity contribution in [1.82, 2.24) is 19.8 Å². The summed E-state index contributed by atoms with van der Waals surface area (Å²) in [5.74, 6) is 0.850. The molecule has 9 heteroatoms. The van der Waals surface area contributed by atoms with Crippen molar-refractivity contribution in [3.63, 3.8) is 0 Å². The molecule has 1 fully saturated rings. The van der Waals surface area contributed by atoms with Crippen LogP contribution in [0.2, 0.25) is 0 Å². The average Bonchev–Trinajstić information content (AvgIpc) is 3.46. The highest BCUT2D eigenvalue weighted by Gasteiger charge is 2.23. The predicted molar refractivity (Wildman–Crippen MR) is 111 cm³/mol. The average molecular weight is 422 g/mol.